The van der Waals surface area contributed by atoms with Gasteiger partial charge in [-0.1, -0.05) is 0 Å². The zero-order valence-electron chi connectivity index (χ0n) is 12.2. The second-order valence-corrected chi connectivity index (χ2v) is 7.00. The Morgan fingerprint density at radius 2 is 2.14 bits per heavy atom. The van der Waals surface area contributed by atoms with Gasteiger partial charge in [0.05, 0.1) is 6.54 Å². The maximum atomic E-state index is 6.26. The van der Waals surface area contributed by atoms with E-state index in [4.69, 9.17) is 10.5 Å². The van der Waals surface area contributed by atoms with Crippen molar-refractivity contribution in [2.75, 3.05) is 37.3 Å². The van der Waals surface area contributed by atoms with Crippen LogP contribution in [-0.4, -0.2) is 59.3 Å². The molecule has 6 nitrogen and oxygen atoms in total. The average molecular weight is 307 g/mol. The van der Waals surface area contributed by atoms with Crippen LogP contribution in [0.4, 0.5) is 5.82 Å². The molecule has 5 heterocycles. The highest BCUT2D eigenvalue weighted by Crippen LogP contribution is 2.43. The summed E-state index contributed by atoms with van der Waals surface area (Å²) in [6.07, 6.45) is 5.66. The molecule has 0 amide bonds. The molecule has 2 unspecified atom stereocenters. The molecule has 0 aromatic carbocycles. The van der Waals surface area contributed by atoms with E-state index in [0.29, 0.717) is 5.92 Å². The van der Waals surface area contributed by atoms with Gasteiger partial charge in [0.1, 0.15) is 22.8 Å². The van der Waals surface area contributed by atoms with Gasteiger partial charge in [-0.25, -0.2) is 9.97 Å². The van der Waals surface area contributed by atoms with Gasteiger partial charge in [-0.3, -0.25) is 5.73 Å². The summed E-state index contributed by atoms with van der Waals surface area (Å²) in [5.41, 5.74) is 6.15. The van der Waals surface area contributed by atoms with Crippen molar-refractivity contribution in [2.45, 2.75) is 29.8 Å². The lowest BCUT2D eigenvalue weighted by molar-refractivity contribution is -0.137. The number of rotatable bonds is 2. The van der Waals surface area contributed by atoms with E-state index >= 15 is 0 Å². The fourth-order valence-corrected chi connectivity index (χ4v) is 4.34. The van der Waals surface area contributed by atoms with E-state index < -0.39 is 6.35 Å². The van der Waals surface area contributed by atoms with Gasteiger partial charge < -0.3 is 14.5 Å². The lowest BCUT2D eigenvalue weighted by Crippen LogP contribution is -2.61. The molecule has 2 bridgehead atoms. The highest BCUT2D eigenvalue weighted by Gasteiger charge is 2.54. The van der Waals surface area contributed by atoms with Crippen molar-refractivity contribution in [3.63, 3.8) is 0 Å². The maximum absolute atomic E-state index is 6.26. The molecule has 0 radical (unpaired) electrons. The van der Waals surface area contributed by atoms with Crippen LogP contribution >= 0.6 is 11.8 Å². The standard InChI is InChI=1S/C14H21N5OS/c1-21-12-6-11(16-9-17-12)19-8-14(20-13(19)15)7-18-4-2-10(14)3-5-18/h6,9-10,13H,2-5,7-8,15H2,1H3. The molecule has 1 aromatic rings. The molecule has 7 heteroatoms. The second kappa shape index (κ2) is 5.08. The van der Waals surface area contributed by atoms with Gasteiger partial charge in [0.25, 0.3) is 0 Å². The van der Waals surface area contributed by atoms with Crippen LogP contribution in [0.5, 0.6) is 0 Å². The SMILES string of the molecule is CSc1cc(N2CC3(CN4CCC3CC4)OC2N)ncn1. The summed E-state index contributed by atoms with van der Waals surface area (Å²) < 4.78 is 6.26. The number of hydrogen-bond donors (Lipinski definition) is 1. The van der Waals surface area contributed by atoms with Crippen LogP contribution < -0.4 is 10.6 Å². The summed E-state index contributed by atoms with van der Waals surface area (Å²) in [7, 11) is 0. The van der Waals surface area contributed by atoms with E-state index in [1.165, 1.54) is 25.9 Å². The average Bonchev–Trinajstić information content (AvgIpc) is 2.84. The predicted octanol–water partition coefficient (Wildman–Crippen LogP) is 0.742. The minimum atomic E-state index is -0.407. The molecule has 1 spiro atoms. The maximum Gasteiger partial charge on any atom is 0.186 e. The van der Waals surface area contributed by atoms with Crippen LogP contribution in [0.1, 0.15) is 12.8 Å². The van der Waals surface area contributed by atoms with Crippen LogP contribution in [0.25, 0.3) is 0 Å². The number of hydrogen-bond acceptors (Lipinski definition) is 7. The Hall–Kier alpha value is -0.890. The Labute approximate surface area is 129 Å². The number of ether oxygens (including phenoxy) is 1. The van der Waals surface area contributed by atoms with Crippen molar-refractivity contribution in [3.8, 4) is 0 Å². The van der Waals surface area contributed by atoms with Gasteiger partial charge in [0.2, 0.25) is 0 Å². The topological polar surface area (TPSA) is 67.5 Å². The molecule has 2 atom stereocenters. The van der Waals surface area contributed by atoms with Gasteiger partial charge in [-0.05, 0) is 38.1 Å². The Morgan fingerprint density at radius 1 is 1.33 bits per heavy atom. The van der Waals surface area contributed by atoms with E-state index in [0.717, 1.165) is 23.9 Å². The minimum absolute atomic E-state index is 0.111. The van der Waals surface area contributed by atoms with E-state index in [2.05, 4.69) is 19.8 Å². The first-order valence-electron chi connectivity index (χ1n) is 7.49. The lowest BCUT2D eigenvalue weighted by atomic mass is 9.75. The Bertz CT molecular complexity index is 536. The van der Waals surface area contributed by atoms with Gasteiger partial charge in [-0.15, -0.1) is 11.8 Å². The number of nitrogens with two attached hydrogens (primary N) is 1. The third-order valence-corrected chi connectivity index (χ3v) is 5.70. The summed E-state index contributed by atoms with van der Waals surface area (Å²) in [6.45, 7) is 4.24. The number of anilines is 1. The summed E-state index contributed by atoms with van der Waals surface area (Å²) in [5.74, 6) is 1.50. The molecule has 2 N–H and O–H groups in total. The van der Waals surface area contributed by atoms with Gasteiger partial charge >= 0.3 is 0 Å². The Kier molecular flexibility index (Phi) is 3.33. The molecule has 1 aromatic heterocycles. The van der Waals surface area contributed by atoms with Crippen molar-refractivity contribution in [1.29, 1.82) is 0 Å². The van der Waals surface area contributed by atoms with Crippen LogP contribution in [-0.2, 0) is 4.74 Å². The Balaban J connectivity index is 1.60. The smallest absolute Gasteiger partial charge is 0.186 e. The summed E-state index contributed by atoms with van der Waals surface area (Å²) in [6, 6.07) is 1.99. The van der Waals surface area contributed by atoms with E-state index in [-0.39, 0.29) is 5.60 Å². The summed E-state index contributed by atoms with van der Waals surface area (Å²) in [4.78, 5) is 13.2. The zero-order valence-corrected chi connectivity index (χ0v) is 13.1. The number of aromatic nitrogens is 2. The zero-order chi connectivity index (χ0) is 14.4. The lowest BCUT2D eigenvalue weighted by Gasteiger charge is -2.50. The molecule has 5 rings (SSSR count). The molecule has 4 saturated heterocycles. The molecule has 114 valence electrons. The molecule has 4 aliphatic heterocycles. The fraction of sp³-hybridized carbons (Fsp3) is 0.714. The summed E-state index contributed by atoms with van der Waals surface area (Å²) >= 11 is 1.61. The normalized spacial score (nSPS) is 38.4. The van der Waals surface area contributed by atoms with Gasteiger partial charge in [-0.2, -0.15) is 0 Å². The minimum Gasteiger partial charge on any atom is -0.335 e. The summed E-state index contributed by atoms with van der Waals surface area (Å²) in [5, 5.41) is 0.960. The quantitative estimate of drug-likeness (QED) is 0.638. The second-order valence-electron chi connectivity index (χ2n) is 6.17. The molecule has 0 saturated carbocycles. The molecule has 0 aliphatic carbocycles. The number of thioether (sulfide) groups is 1. The highest BCUT2D eigenvalue weighted by atomic mass is 32.2. The third kappa shape index (κ3) is 2.23. The van der Waals surface area contributed by atoms with E-state index in [1.54, 1.807) is 18.1 Å². The third-order valence-electron chi connectivity index (χ3n) is 5.05. The van der Waals surface area contributed by atoms with Gasteiger partial charge in [0.15, 0.2) is 6.35 Å². The van der Waals surface area contributed by atoms with Crippen LogP contribution in [0.3, 0.4) is 0 Å². The molecule has 21 heavy (non-hydrogen) atoms. The first-order chi connectivity index (χ1) is 10.2. The number of piperidine rings is 3. The number of nitrogens with zero attached hydrogens (tertiary/aromatic N) is 4. The largest absolute Gasteiger partial charge is 0.335 e. The number of fused-ring (bicyclic) bond motifs is 2. The van der Waals surface area contributed by atoms with Crippen molar-refractivity contribution < 1.29 is 4.74 Å². The van der Waals surface area contributed by atoms with E-state index in [1.807, 2.05) is 12.3 Å². The predicted molar refractivity (Wildman–Crippen MR) is 82.1 cm³/mol. The molecule has 4 fully saturated rings. The highest BCUT2D eigenvalue weighted by molar-refractivity contribution is 7.98. The first kappa shape index (κ1) is 13.8. The van der Waals surface area contributed by atoms with Crippen molar-refractivity contribution in [1.82, 2.24) is 14.9 Å². The first-order valence-corrected chi connectivity index (χ1v) is 8.71. The van der Waals surface area contributed by atoms with Crippen molar-refractivity contribution in [2.24, 2.45) is 11.7 Å². The molecule has 4 aliphatic rings. The van der Waals surface area contributed by atoms with Gasteiger partial charge in [0, 0.05) is 12.6 Å². The van der Waals surface area contributed by atoms with E-state index in [9.17, 15) is 0 Å². The molecular weight excluding hydrogens is 286 g/mol. The van der Waals surface area contributed by atoms with Crippen molar-refractivity contribution in [3.05, 3.63) is 12.4 Å². The molecular formula is C14H21N5OS. The van der Waals surface area contributed by atoms with Crippen LogP contribution in [0, 0.1) is 5.92 Å². The Morgan fingerprint density at radius 3 is 2.81 bits per heavy atom. The van der Waals surface area contributed by atoms with Crippen molar-refractivity contribution >= 4 is 17.6 Å². The monoisotopic (exact) mass is 307 g/mol. The van der Waals surface area contributed by atoms with Crippen LogP contribution in [0.2, 0.25) is 0 Å². The van der Waals surface area contributed by atoms with Crippen LogP contribution in [0.15, 0.2) is 17.4 Å². The fourth-order valence-electron chi connectivity index (χ4n) is 3.97.